The summed E-state index contributed by atoms with van der Waals surface area (Å²) in [5.74, 6) is 1.81. The van der Waals surface area contributed by atoms with Crippen LogP contribution in [0.1, 0.15) is 50.2 Å². The van der Waals surface area contributed by atoms with Gasteiger partial charge in [-0.15, -0.1) is 0 Å². The lowest BCUT2D eigenvalue weighted by Gasteiger charge is -2.27. The molecule has 3 nitrogen and oxygen atoms in total. The first kappa shape index (κ1) is 14.2. The third kappa shape index (κ3) is 2.71. The van der Waals surface area contributed by atoms with Gasteiger partial charge in [0.05, 0.1) is 5.02 Å². The van der Waals surface area contributed by atoms with E-state index in [0.29, 0.717) is 30.4 Å². The lowest BCUT2D eigenvalue weighted by Crippen LogP contribution is -2.18. The predicted molar refractivity (Wildman–Crippen MR) is 75.6 cm³/mol. The number of rotatable bonds is 4. The molecule has 0 saturated heterocycles. The van der Waals surface area contributed by atoms with Crippen LogP contribution in [-0.2, 0) is 4.79 Å². The van der Waals surface area contributed by atoms with Gasteiger partial charge in [-0.1, -0.05) is 32.4 Å². The highest BCUT2D eigenvalue weighted by molar-refractivity contribution is 6.32. The van der Waals surface area contributed by atoms with Gasteiger partial charge in [0.1, 0.15) is 19.5 Å². The third-order valence-corrected chi connectivity index (χ3v) is 3.68. The molecule has 1 aliphatic heterocycles. The van der Waals surface area contributed by atoms with Gasteiger partial charge in [-0.3, -0.25) is 0 Å². The largest absolute Gasteiger partial charge is 0.486 e. The number of carbonyl (C=O) groups excluding carboxylic acids is 1. The number of hydrogen-bond donors (Lipinski definition) is 0. The maximum Gasteiger partial charge on any atom is 0.180 e. The van der Waals surface area contributed by atoms with Crippen molar-refractivity contribution >= 4 is 17.9 Å². The lowest BCUT2D eigenvalue weighted by molar-refractivity contribution is -0.108. The summed E-state index contributed by atoms with van der Waals surface area (Å²) in [7, 11) is 0. The van der Waals surface area contributed by atoms with Crippen molar-refractivity contribution in [2.24, 2.45) is 0 Å². The molecular formula is C15H19ClO3. The van der Waals surface area contributed by atoms with Crippen molar-refractivity contribution in [3.8, 4) is 11.5 Å². The fourth-order valence-electron chi connectivity index (χ4n) is 2.48. The zero-order valence-corrected chi connectivity index (χ0v) is 12.3. The standard InChI is InChI=1S/C15H19ClO3/c1-9(2)13-11(10(3)4-5-17)8-12(16)14-15(13)19-7-6-18-14/h5,8-10H,4,6-7H2,1-3H3. The van der Waals surface area contributed by atoms with E-state index in [4.69, 9.17) is 21.1 Å². The van der Waals surface area contributed by atoms with Crippen LogP contribution < -0.4 is 9.47 Å². The zero-order chi connectivity index (χ0) is 14.0. The molecule has 19 heavy (non-hydrogen) atoms. The Morgan fingerprint density at radius 2 is 1.89 bits per heavy atom. The van der Waals surface area contributed by atoms with Gasteiger partial charge in [0.25, 0.3) is 0 Å². The zero-order valence-electron chi connectivity index (χ0n) is 11.5. The van der Waals surface area contributed by atoms with E-state index in [1.165, 1.54) is 0 Å². The Morgan fingerprint density at radius 3 is 2.47 bits per heavy atom. The van der Waals surface area contributed by atoms with Crippen molar-refractivity contribution in [1.29, 1.82) is 0 Å². The fourth-order valence-corrected chi connectivity index (χ4v) is 2.74. The maximum atomic E-state index is 10.8. The van der Waals surface area contributed by atoms with Crippen molar-refractivity contribution < 1.29 is 14.3 Å². The average molecular weight is 283 g/mol. The van der Waals surface area contributed by atoms with Gasteiger partial charge >= 0.3 is 0 Å². The van der Waals surface area contributed by atoms with Gasteiger partial charge in [0, 0.05) is 12.0 Å². The van der Waals surface area contributed by atoms with Crippen LogP contribution in [-0.4, -0.2) is 19.5 Å². The second-order valence-electron chi connectivity index (χ2n) is 5.17. The fraction of sp³-hybridized carbons (Fsp3) is 0.533. The first-order chi connectivity index (χ1) is 9.06. The van der Waals surface area contributed by atoms with Crippen LogP contribution in [0, 0.1) is 0 Å². The number of aldehydes is 1. The van der Waals surface area contributed by atoms with Crippen LogP contribution in [0.15, 0.2) is 6.07 Å². The van der Waals surface area contributed by atoms with Gasteiger partial charge in [0.2, 0.25) is 0 Å². The van der Waals surface area contributed by atoms with Gasteiger partial charge in [-0.2, -0.15) is 0 Å². The molecule has 0 fully saturated rings. The van der Waals surface area contributed by atoms with E-state index in [0.717, 1.165) is 23.2 Å². The molecule has 0 bridgehead atoms. The van der Waals surface area contributed by atoms with Crippen molar-refractivity contribution in [3.63, 3.8) is 0 Å². The monoisotopic (exact) mass is 282 g/mol. The summed E-state index contributed by atoms with van der Waals surface area (Å²) in [6.45, 7) is 7.31. The third-order valence-electron chi connectivity index (χ3n) is 3.40. The highest BCUT2D eigenvalue weighted by Gasteiger charge is 2.26. The van der Waals surface area contributed by atoms with Gasteiger partial charge in [-0.05, 0) is 23.5 Å². The highest BCUT2D eigenvalue weighted by atomic mass is 35.5. The van der Waals surface area contributed by atoms with Crippen molar-refractivity contribution in [1.82, 2.24) is 0 Å². The molecule has 0 spiro atoms. The summed E-state index contributed by atoms with van der Waals surface area (Å²) in [5, 5.41) is 0.562. The minimum absolute atomic E-state index is 0.128. The van der Waals surface area contributed by atoms with Crippen molar-refractivity contribution in [2.75, 3.05) is 13.2 Å². The van der Waals surface area contributed by atoms with Crippen LogP contribution >= 0.6 is 11.6 Å². The summed E-state index contributed by atoms with van der Waals surface area (Å²) in [4.78, 5) is 10.8. The van der Waals surface area contributed by atoms with Crippen LogP contribution in [0.3, 0.4) is 0 Å². The normalized spacial score (nSPS) is 15.4. The molecule has 4 heteroatoms. The van der Waals surface area contributed by atoms with E-state index < -0.39 is 0 Å². The second-order valence-corrected chi connectivity index (χ2v) is 5.58. The highest BCUT2D eigenvalue weighted by Crippen LogP contribution is 2.47. The molecule has 0 aromatic heterocycles. The number of benzene rings is 1. The number of fused-ring (bicyclic) bond motifs is 1. The summed E-state index contributed by atoms with van der Waals surface area (Å²) >= 11 is 6.27. The smallest absolute Gasteiger partial charge is 0.180 e. The Bertz CT molecular complexity index is 483. The van der Waals surface area contributed by atoms with Crippen LogP contribution in [0.5, 0.6) is 11.5 Å². The molecule has 0 N–H and O–H groups in total. The Balaban J connectivity index is 2.59. The maximum absolute atomic E-state index is 10.8. The van der Waals surface area contributed by atoms with Crippen LogP contribution in [0.2, 0.25) is 5.02 Å². The molecule has 1 aliphatic rings. The molecule has 1 atom stereocenters. The molecular weight excluding hydrogens is 264 g/mol. The number of carbonyl (C=O) groups is 1. The molecule has 0 radical (unpaired) electrons. The Hall–Kier alpha value is -1.22. The molecule has 1 heterocycles. The SMILES string of the molecule is CC(C)c1c(C(C)CC=O)cc(Cl)c2c1OCCO2. The van der Waals surface area contributed by atoms with E-state index in [1.54, 1.807) is 0 Å². The minimum Gasteiger partial charge on any atom is -0.486 e. The summed E-state index contributed by atoms with van der Waals surface area (Å²) in [6.07, 6.45) is 1.43. The molecule has 1 unspecified atom stereocenters. The topological polar surface area (TPSA) is 35.5 Å². The second kappa shape index (κ2) is 5.83. The average Bonchev–Trinajstić information content (AvgIpc) is 2.38. The van der Waals surface area contributed by atoms with Gasteiger partial charge < -0.3 is 14.3 Å². The molecule has 2 rings (SSSR count). The first-order valence-electron chi connectivity index (χ1n) is 6.61. The number of halogens is 1. The Morgan fingerprint density at radius 1 is 1.26 bits per heavy atom. The van der Waals surface area contributed by atoms with E-state index in [1.807, 2.05) is 13.0 Å². The first-order valence-corrected chi connectivity index (χ1v) is 6.99. The number of hydrogen-bond acceptors (Lipinski definition) is 3. The molecule has 104 valence electrons. The number of ether oxygens (including phenoxy) is 2. The van der Waals surface area contributed by atoms with E-state index >= 15 is 0 Å². The summed E-state index contributed by atoms with van der Waals surface area (Å²) < 4.78 is 11.4. The van der Waals surface area contributed by atoms with Crippen LogP contribution in [0.25, 0.3) is 0 Å². The van der Waals surface area contributed by atoms with E-state index in [-0.39, 0.29) is 11.8 Å². The Kier molecular flexibility index (Phi) is 4.35. The Labute approximate surface area is 118 Å². The lowest BCUT2D eigenvalue weighted by atomic mass is 9.87. The van der Waals surface area contributed by atoms with E-state index in [9.17, 15) is 4.79 Å². The predicted octanol–water partition coefficient (Wildman–Crippen LogP) is 3.93. The molecule has 0 aliphatic carbocycles. The molecule has 1 aromatic carbocycles. The molecule has 0 saturated carbocycles. The van der Waals surface area contributed by atoms with Gasteiger partial charge in [-0.25, -0.2) is 0 Å². The molecule has 1 aromatic rings. The summed E-state index contributed by atoms with van der Waals surface area (Å²) in [5.41, 5.74) is 2.19. The minimum atomic E-state index is 0.128. The van der Waals surface area contributed by atoms with Crippen molar-refractivity contribution in [3.05, 3.63) is 22.2 Å². The molecule has 0 amide bonds. The van der Waals surface area contributed by atoms with E-state index in [2.05, 4.69) is 13.8 Å². The summed E-state index contributed by atoms with van der Waals surface area (Å²) in [6, 6.07) is 1.92. The van der Waals surface area contributed by atoms with Crippen LogP contribution in [0.4, 0.5) is 0 Å². The quantitative estimate of drug-likeness (QED) is 0.785. The van der Waals surface area contributed by atoms with Gasteiger partial charge in [0.15, 0.2) is 11.5 Å². The van der Waals surface area contributed by atoms with Crippen molar-refractivity contribution in [2.45, 2.75) is 39.0 Å².